The predicted molar refractivity (Wildman–Crippen MR) is 43.2 cm³/mol. The van der Waals surface area contributed by atoms with E-state index in [1.807, 2.05) is 4.90 Å². The van der Waals surface area contributed by atoms with Gasteiger partial charge in [-0.1, -0.05) is 6.92 Å². The molecule has 0 unspecified atom stereocenters. The maximum atomic E-state index is 11.7. The van der Waals surface area contributed by atoms with Crippen LogP contribution in [0.1, 0.15) is 32.6 Å². The van der Waals surface area contributed by atoms with Crippen molar-refractivity contribution in [1.82, 2.24) is 4.90 Å². The van der Waals surface area contributed by atoms with Gasteiger partial charge in [0.1, 0.15) is 0 Å². The zero-order valence-electron chi connectivity index (χ0n) is 7.10. The summed E-state index contributed by atoms with van der Waals surface area (Å²) in [5.74, 6) is 0.412. The van der Waals surface area contributed by atoms with Gasteiger partial charge in [-0.05, 0) is 25.7 Å². The average molecular weight is 153 g/mol. The molecule has 0 aromatic heterocycles. The Morgan fingerprint density at radius 2 is 1.82 bits per heavy atom. The Kier molecular flexibility index (Phi) is 1.44. The first-order valence-corrected chi connectivity index (χ1v) is 4.52. The number of carbonyl (C=O) groups is 1. The fourth-order valence-corrected chi connectivity index (χ4v) is 1.70. The minimum Gasteiger partial charge on any atom is -0.342 e. The molecule has 2 fully saturated rings. The highest BCUT2D eigenvalue weighted by atomic mass is 16.2. The van der Waals surface area contributed by atoms with E-state index in [2.05, 4.69) is 6.92 Å². The molecule has 2 aliphatic rings. The van der Waals surface area contributed by atoms with E-state index in [-0.39, 0.29) is 5.41 Å². The molecule has 2 nitrogen and oxygen atoms in total. The topological polar surface area (TPSA) is 20.3 Å². The van der Waals surface area contributed by atoms with Crippen LogP contribution >= 0.6 is 0 Å². The lowest BCUT2D eigenvalue weighted by molar-refractivity contribution is -0.135. The Morgan fingerprint density at radius 1 is 1.27 bits per heavy atom. The molecule has 11 heavy (non-hydrogen) atoms. The van der Waals surface area contributed by atoms with E-state index >= 15 is 0 Å². The number of likely N-dealkylation sites (tertiary alicyclic amines) is 1. The summed E-state index contributed by atoms with van der Waals surface area (Å²) >= 11 is 0. The quantitative estimate of drug-likeness (QED) is 0.557. The summed E-state index contributed by atoms with van der Waals surface area (Å²) in [6.07, 6.45) is 4.65. The lowest BCUT2D eigenvalue weighted by Gasteiger charge is -2.19. The van der Waals surface area contributed by atoms with Crippen molar-refractivity contribution in [3.8, 4) is 0 Å². The van der Waals surface area contributed by atoms with Crippen molar-refractivity contribution in [3.05, 3.63) is 0 Å². The molecule has 0 atom stereocenters. The smallest absolute Gasteiger partial charge is 0.228 e. The van der Waals surface area contributed by atoms with Gasteiger partial charge in [0, 0.05) is 18.5 Å². The van der Waals surface area contributed by atoms with Crippen LogP contribution < -0.4 is 0 Å². The molecule has 1 saturated carbocycles. The van der Waals surface area contributed by atoms with Crippen LogP contribution in [-0.2, 0) is 4.79 Å². The summed E-state index contributed by atoms with van der Waals surface area (Å²) in [6, 6.07) is 0. The molecule has 1 aliphatic carbocycles. The molecule has 0 bridgehead atoms. The van der Waals surface area contributed by atoms with Crippen molar-refractivity contribution >= 4 is 5.91 Å². The first-order chi connectivity index (χ1) is 5.22. The fraction of sp³-hybridized carbons (Fsp3) is 0.889. The Labute approximate surface area is 67.6 Å². The van der Waals surface area contributed by atoms with Crippen molar-refractivity contribution in [3.63, 3.8) is 0 Å². The Bertz CT molecular complexity index is 178. The zero-order chi connectivity index (χ0) is 7.90. The molecule has 62 valence electrons. The monoisotopic (exact) mass is 153 g/mol. The summed E-state index contributed by atoms with van der Waals surface area (Å²) in [6.45, 7) is 4.11. The molecule has 1 heterocycles. The molecular formula is C9H15NO. The molecular weight excluding hydrogens is 138 g/mol. The van der Waals surface area contributed by atoms with E-state index in [0.29, 0.717) is 5.91 Å². The highest BCUT2D eigenvalue weighted by molar-refractivity contribution is 5.85. The van der Waals surface area contributed by atoms with Crippen LogP contribution in [-0.4, -0.2) is 23.9 Å². The SMILES string of the molecule is CC1(C(=O)N2CCCC2)CC1. The van der Waals surface area contributed by atoms with Gasteiger partial charge in [-0.3, -0.25) is 4.79 Å². The van der Waals surface area contributed by atoms with Gasteiger partial charge in [0.25, 0.3) is 0 Å². The highest BCUT2D eigenvalue weighted by Gasteiger charge is 2.47. The first kappa shape index (κ1) is 7.14. The van der Waals surface area contributed by atoms with Gasteiger partial charge in [-0.15, -0.1) is 0 Å². The lowest BCUT2D eigenvalue weighted by atomic mass is 10.1. The van der Waals surface area contributed by atoms with Gasteiger partial charge in [-0.25, -0.2) is 0 Å². The summed E-state index contributed by atoms with van der Waals surface area (Å²) in [7, 11) is 0. The molecule has 1 amide bonds. The van der Waals surface area contributed by atoms with Crippen molar-refractivity contribution in [2.45, 2.75) is 32.6 Å². The number of hydrogen-bond acceptors (Lipinski definition) is 1. The maximum absolute atomic E-state index is 11.7. The number of hydrogen-bond donors (Lipinski definition) is 0. The minimum absolute atomic E-state index is 0.0599. The van der Waals surface area contributed by atoms with Crippen molar-refractivity contribution in [2.24, 2.45) is 5.41 Å². The van der Waals surface area contributed by atoms with E-state index in [1.54, 1.807) is 0 Å². The van der Waals surface area contributed by atoms with Gasteiger partial charge in [0.15, 0.2) is 0 Å². The molecule has 0 N–H and O–H groups in total. The summed E-state index contributed by atoms with van der Waals surface area (Å²) in [5.41, 5.74) is 0.0599. The second-order valence-electron chi connectivity index (χ2n) is 4.06. The molecule has 2 rings (SSSR count). The van der Waals surface area contributed by atoms with Gasteiger partial charge >= 0.3 is 0 Å². The standard InChI is InChI=1S/C9H15NO/c1-9(4-5-9)8(11)10-6-2-3-7-10/h2-7H2,1H3. The van der Waals surface area contributed by atoms with Crippen molar-refractivity contribution in [1.29, 1.82) is 0 Å². The van der Waals surface area contributed by atoms with E-state index < -0.39 is 0 Å². The van der Waals surface area contributed by atoms with Gasteiger partial charge in [0.2, 0.25) is 5.91 Å². The van der Waals surface area contributed by atoms with Crippen LogP contribution in [0.2, 0.25) is 0 Å². The predicted octanol–water partition coefficient (Wildman–Crippen LogP) is 1.41. The number of nitrogens with zero attached hydrogens (tertiary/aromatic N) is 1. The van der Waals surface area contributed by atoms with Gasteiger partial charge in [0.05, 0.1) is 0 Å². The second kappa shape index (κ2) is 2.23. The van der Waals surface area contributed by atoms with Crippen LogP contribution in [0.4, 0.5) is 0 Å². The number of amides is 1. The average Bonchev–Trinajstić information content (AvgIpc) is 2.54. The number of rotatable bonds is 1. The second-order valence-corrected chi connectivity index (χ2v) is 4.06. The van der Waals surface area contributed by atoms with Gasteiger partial charge < -0.3 is 4.90 Å². The molecule has 2 heteroatoms. The first-order valence-electron chi connectivity index (χ1n) is 4.52. The summed E-state index contributed by atoms with van der Waals surface area (Å²) < 4.78 is 0. The molecule has 1 aliphatic heterocycles. The van der Waals surface area contributed by atoms with E-state index in [4.69, 9.17) is 0 Å². The van der Waals surface area contributed by atoms with Gasteiger partial charge in [-0.2, -0.15) is 0 Å². The highest BCUT2D eigenvalue weighted by Crippen LogP contribution is 2.46. The third-order valence-corrected chi connectivity index (χ3v) is 2.91. The van der Waals surface area contributed by atoms with E-state index in [9.17, 15) is 4.79 Å². The molecule has 0 radical (unpaired) electrons. The van der Waals surface area contributed by atoms with Crippen molar-refractivity contribution in [2.75, 3.05) is 13.1 Å². The molecule has 1 saturated heterocycles. The molecule has 0 aromatic carbocycles. The van der Waals surface area contributed by atoms with Crippen molar-refractivity contribution < 1.29 is 4.79 Å². The number of carbonyl (C=O) groups excluding carboxylic acids is 1. The van der Waals surface area contributed by atoms with Crippen LogP contribution in [0.3, 0.4) is 0 Å². The Hall–Kier alpha value is -0.530. The van der Waals surface area contributed by atoms with Crippen LogP contribution in [0.5, 0.6) is 0 Å². The normalized spacial score (nSPS) is 27.2. The largest absolute Gasteiger partial charge is 0.342 e. The van der Waals surface area contributed by atoms with Crippen LogP contribution in [0, 0.1) is 5.41 Å². The van der Waals surface area contributed by atoms with Crippen LogP contribution in [0.25, 0.3) is 0 Å². The molecule has 0 aromatic rings. The minimum atomic E-state index is 0.0599. The third kappa shape index (κ3) is 1.15. The van der Waals surface area contributed by atoms with E-state index in [0.717, 1.165) is 25.9 Å². The Morgan fingerprint density at radius 3 is 2.27 bits per heavy atom. The Balaban J connectivity index is 1.98. The lowest BCUT2D eigenvalue weighted by Crippen LogP contribution is -2.33. The van der Waals surface area contributed by atoms with Crippen LogP contribution in [0.15, 0.2) is 0 Å². The molecule has 0 spiro atoms. The zero-order valence-corrected chi connectivity index (χ0v) is 7.10. The maximum Gasteiger partial charge on any atom is 0.228 e. The third-order valence-electron chi connectivity index (χ3n) is 2.91. The summed E-state index contributed by atoms with van der Waals surface area (Å²) in [5, 5.41) is 0. The fourth-order valence-electron chi connectivity index (χ4n) is 1.70. The summed E-state index contributed by atoms with van der Waals surface area (Å²) in [4.78, 5) is 13.7. The van der Waals surface area contributed by atoms with E-state index in [1.165, 1.54) is 12.8 Å².